The molecule has 1 amide bonds. The Labute approximate surface area is 224 Å². The van der Waals surface area contributed by atoms with Crippen molar-refractivity contribution in [3.63, 3.8) is 0 Å². The van der Waals surface area contributed by atoms with Crippen LogP contribution in [0.3, 0.4) is 0 Å². The number of aromatic hydroxyl groups is 1. The van der Waals surface area contributed by atoms with Crippen LogP contribution in [0.4, 0.5) is 0 Å². The van der Waals surface area contributed by atoms with E-state index in [9.17, 15) is 9.90 Å². The van der Waals surface area contributed by atoms with Gasteiger partial charge in [-0.2, -0.15) is 5.10 Å². The normalized spacial score (nSPS) is 11.2. The molecule has 0 saturated carbocycles. The summed E-state index contributed by atoms with van der Waals surface area (Å²) in [6, 6.07) is 18.8. The Morgan fingerprint density at radius 1 is 1.06 bits per heavy atom. The molecule has 2 aromatic heterocycles. The average molecular weight is 681 g/mol. The molecule has 2 N–H and O–H groups in total. The molecule has 0 saturated heterocycles. The molecule has 0 aliphatic carbocycles. The lowest BCUT2D eigenvalue weighted by Gasteiger charge is -2.10. The van der Waals surface area contributed by atoms with Gasteiger partial charge in [0.05, 0.1) is 13.4 Å². The zero-order chi connectivity index (χ0) is 24.2. The van der Waals surface area contributed by atoms with Gasteiger partial charge in [-0.15, -0.1) is 0 Å². The van der Waals surface area contributed by atoms with Gasteiger partial charge in [-0.25, -0.2) is 5.43 Å². The lowest BCUT2D eigenvalue weighted by atomic mass is 10.2. The number of benzene rings is 2. The summed E-state index contributed by atoms with van der Waals surface area (Å²) in [7, 11) is 0. The lowest BCUT2D eigenvalue weighted by molar-refractivity contribution is 0.0923. The van der Waals surface area contributed by atoms with E-state index in [1.807, 2.05) is 69.4 Å². The minimum absolute atomic E-state index is 0.138. The molecule has 4 rings (SSSR count). The molecule has 0 spiro atoms. The van der Waals surface area contributed by atoms with Gasteiger partial charge in [-0.05, 0) is 125 Å². The number of amides is 1. The molecule has 0 unspecified atom stereocenters. The summed E-state index contributed by atoms with van der Waals surface area (Å²) >= 11 is 4.08. The third-order valence-corrected chi connectivity index (χ3v) is 6.70. The van der Waals surface area contributed by atoms with Crippen LogP contribution in [0.1, 0.15) is 33.3 Å². The third-order valence-electron chi connectivity index (χ3n) is 5.05. The molecule has 34 heavy (non-hydrogen) atoms. The topological polar surface area (TPSA) is 89.0 Å². The summed E-state index contributed by atoms with van der Waals surface area (Å²) in [4.78, 5) is 12.3. The lowest BCUT2D eigenvalue weighted by Crippen LogP contribution is -2.16. The first-order valence-electron chi connectivity index (χ1n) is 10.3. The molecule has 0 aliphatic rings. The highest BCUT2D eigenvalue weighted by molar-refractivity contribution is 14.1. The predicted octanol–water partition coefficient (Wildman–Crippen LogP) is 5.94. The van der Waals surface area contributed by atoms with E-state index < -0.39 is 5.91 Å². The van der Waals surface area contributed by atoms with Gasteiger partial charge in [-0.3, -0.25) is 4.79 Å². The fourth-order valence-electron chi connectivity index (χ4n) is 3.38. The number of phenolic OH excluding ortho intramolecular Hbond substituents is 1. The van der Waals surface area contributed by atoms with Crippen molar-refractivity contribution < 1.29 is 19.1 Å². The van der Waals surface area contributed by atoms with Crippen molar-refractivity contribution >= 4 is 57.3 Å². The van der Waals surface area contributed by atoms with E-state index in [0.29, 0.717) is 18.7 Å². The number of nitrogens with zero attached hydrogens (tertiary/aromatic N) is 2. The van der Waals surface area contributed by atoms with E-state index in [1.54, 1.807) is 24.3 Å². The van der Waals surface area contributed by atoms with Crippen LogP contribution in [0.5, 0.6) is 11.5 Å². The van der Waals surface area contributed by atoms with Crippen LogP contribution in [0.15, 0.2) is 70.2 Å². The molecule has 2 aromatic carbocycles. The first-order valence-corrected chi connectivity index (χ1v) is 12.5. The summed E-state index contributed by atoms with van der Waals surface area (Å²) in [5, 5.41) is 13.8. The minimum atomic E-state index is -0.465. The number of furan rings is 1. The summed E-state index contributed by atoms with van der Waals surface area (Å²) in [5.41, 5.74) is 6.61. The molecule has 0 bridgehead atoms. The number of halogens is 2. The Balaban J connectivity index is 1.32. The monoisotopic (exact) mass is 681 g/mol. The van der Waals surface area contributed by atoms with Crippen LogP contribution in [0, 0.1) is 21.0 Å². The van der Waals surface area contributed by atoms with Gasteiger partial charge in [0, 0.05) is 17.1 Å². The number of carbonyl (C=O) groups excluding carboxylic acids is 1. The smallest absolute Gasteiger partial charge is 0.307 e. The SMILES string of the molecule is Cc1ccc(C)n1-c1ccc(OCc2ccc(C(=O)N/N=C/c3cc(I)c(O)c(I)c3)o2)cc1. The van der Waals surface area contributed by atoms with Crippen LogP contribution in [-0.4, -0.2) is 21.8 Å². The van der Waals surface area contributed by atoms with Crippen molar-refractivity contribution in [1.29, 1.82) is 0 Å². The van der Waals surface area contributed by atoms with Gasteiger partial charge >= 0.3 is 5.91 Å². The molecular weight excluding hydrogens is 660 g/mol. The van der Waals surface area contributed by atoms with E-state index in [4.69, 9.17) is 9.15 Å². The summed E-state index contributed by atoms with van der Waals surface area (Å²) in [6.07, 6.45) is 1.51. The third kappa shape index (κ3) is 5.63. The predicted molar refractivity (Wildman–Crippen MR) is 147 cm³/mol. The fraction of sp³-hybridized carbons (Fsp3) is 0.120. The average Bonchev–Trinajstić information content (AvgIpc) is 3.43. The van der Waals surface area contributed by atoms with E-state index in [2.05, 4.69) is 41.1 Å². The maximum Gasteiger partial charge on any atom is 0.307 e. The Morgan fingerprint density at radius 3 is 2.35 bits per heavy atom. The van der Waals surface area contributed by atoms with Crippen LogP contribution < -0.4 is 10.2 Å². The number of carbonyl (C=O) groups is 1. The fourth-order valence-corrected chi connectivity index (χ4v) is 5.20. The first kappa shape index (κ1) is 24.3. The van der Waals surface area contributed by atoms with Crippen molar-refractivity contribution in [2.75, 3.05) is 0 Å². The van der Waals surface area contributed by atoms with Crippen molar-refractivity contribution in [1.82, 2.24) is 9.99 Å². The summed E-state index contributed by atoms with van der Waals surface area (Å²) < 4.78 is 15.0. The number of rotatable bonds is 7. The van der Waals surface area contributed by atoms with Crippen LogP contribution in [0.2, 0.25) is 0 Å². The molecule has 174 valence electrons. The highest BCUT2D eigenvalue weighted by Crippen LogP contribution is 2.26. The number of ether oxygens (including phenoxy) is 1. The number of aryl methyl sites for hydroxylation is 2. The molecule has 0 fully saturated rings. The molecular formula is C25H21I2N3O4. The summed E-state index contributed by atoms with van der Waals surface area (Å²) in [5.74, 6) is 1.14. The largest absolute Gasteiger partial charge is 0.506 e. The molecule has 0 atom stereocenters. The number of phenols is 1. The molecule has 7 nitrogen and oxygen atoms in total. The zero-order valence-corrected chi connectivity index (χ0v) is 22.7. The van der Waals surface area contributed by atoms with Crippen LogP contribution >= 0.6 is 45.2 Å². The summed E-state index contributed by atoms with van der Waals surface area (Å²) in [6.45, 7) is 4.34. The van der Waals surface area contributed by atoms with E-state index >= 15 is 0 Å². The van der Waals surface area contributed by atoms with Gasteiger partial charge < -0.3 is 18.8 Å². The van der Waals surface area contributed by atoms with Gasteiger partial charge in [0.2, 0.25) is 0 Å². The standard InChI is InChI=1S/C25H21I2N3O4/c1-15-3-4-16(2)30(15)18-5-7-19(8-6-18)33-14-20-9-10-23(34-20)25(32)29-28-13-17-11-21(26)24(31)22(27)12-17/h3-13,31H,14H2,1-2H3,(H,29,32)/b28-13+. The van der Waals surface area contributed by atoms with Crippen molar-refractivity contribution in [2.24, 2.45) is 5.10 Å². The van der Waals surface area contributed by atoms with Gasteiger partial charge in [0.15, 0.2) is 5.76 Å². The maximum atomic E-state index is 12.3. The Hall–Kier alpha value is -2.80. The number of hydrogen-bond donors (Lipinski definition) is 2. The van der Waals surface area contributed by atoms with Gasteiger partial charge in [-0.1, -0.05) is 0 Å². The molecule has 0 aliphatic heterocycles. The minimum Gasteiger partial charge on any atom is -0.506 e. The highest BCUT2D eigenvalue weighted by Gasteiger charge is 2.11. The Bertz CT molecular complexity index is 1310. The van der Waals surface area contributed by atoms with Crippen molar-refractivity contribution in [3.8, 4) is 17.2 Å². The van der Waals surface area contributed by atoms with Crippen LogP contribution in [0.25, 0.3) is 5.69 Å². The Kier molecular flexibility index (Phi) is 7.61. The molecule has 2 heterocycles. The van der Waals surface area contributed by atoms with E-state index in [1.165, 1.54) is 17.6 Å². The van der Waals surface area contributed by atoms with Crippen molar-refractivity contribution in [3.05, 3.63) is 96.3 Å². The second kappa shape index (κ2) is 10.6. The van der Waals surface area contributed by atoms with E-state index in [0.717, 1.165) is 11.3 Å². The second-order valence-corrected chi connectivity index (χ2v) is 9.86. The number of hydrazone groups is 1. The Morgan fingerprint density at radius 2 is 1.71 bits per heavy atom. The van der Waals surface area contributed by atoms with E-state index in [-0.39, 0.29) is 18.1 Å². The van der Waals surface area contributed by atoms with Crippen LogP contribution in [-0.2, 0) is 6.61 Å². The second-order valence-electron chi connectivity index (χ2n) is 7.53. The highest BCUT2D eigenvalue weighted by atomic mass is 127. The molecule has 0 radical (unpaired) electrons. The number of nitrogens with one attached hydrogen (secondary N) is 1. The zero-order valence-electron chi connectivity index (χ0n) is 18.4. The molecule has 9 heteroatoms. The van der Waals surface area contributed by atoms with Gasteiger partial charge in [0.1, 0.15) is 23.9 Å². The van der Waals surface area contributed by atoms with Gasteiger partial charge in [0.25, 0.3) is 0 Å². The number of aromatic nitrogens is 1. The maximum absolute atomic E-state index is 12.3. The van der Waals surface area contributed by atoms with Crippen molar-refractivity contribution in [2.45, 2.75) is 20.5 Å². The first-order chi connectivity index (χ1) is 16.3. The molecule has 4 aromatic rings. The number of hydrogen-bond acceptors (Lipinski definition) is 5. The quantitative estimate of drug-likeness (QED) is 0.144.